The van der Waals surface area contributed by atoms with Gasteiger partial charge in [-0.3, -0.25) is 9.59 Å². The van der Waals surface area contributed by atoms with Crippen LogP contribution in [0.25, 0.3) is 0 Å². The molecule has 20 heavy (non-hydrogen) atoms. The Hall–Kier alpha value is -1.49. The number of hydrogen-bond acceptors (Lipinski definition) is 3. The first-order chi connectivity index (χ1) is 9.58. The minimum Gasteiger partial charge on any atom is -0.355 e. The standard InChI is InChI=1S/C15H22N2O2S/c1-12(2)8-9-16-14(18)10-20-11-15(19)17-13-6-4-3-5-7-13/h3-7,12H,8-11H2,1-2H3,(H,16,18)(H,17,19). The Bertz CT molecular complexity index is 421. The van der Waals surface area contributed by atoms with Crippen LogP contribution in [0.1, 0.15) is 20.3 Å². The zero-order valence-corrected chi connectivity index (χ0v) is 12.8. The summed E-state index contributed by atoms with van der Waals surface area (Å²) in [6.07, 6.45) is 0.977. The highest BCUT2D eigenvalue weighted by Gasteiger charge is 2.06. The lowest BCUT2D eigenvalue weighted by molar-refractivity contribution is -0.118. The van der Waals surface area contributed by atoms with E-state index >= 15 is 0 Å². The summed E-state index contributed by atoms with van der Waals surface area (Å²) in [5, 5.41) is 5.63. The maximum atomic E-state index is 11.6. The quantitative estimate of drug-likeness (QED) is 0.774. The Labute approximate surface area is 124 Å². The average molecular weight is 294 g/mol. The van der Waals surface area contributed by atoms with Gasteiger partial charge in [-0.2, -0.15) is 0 Å². The van der Waals surface area contributed by atoms with Crippen LogP contribution in [-0.2, 0) is 9.59 Å². The molecule has 4 nitrogen and oxygen atoms in total. The van der Waals surface area contributed by atoms with Crippen LogP contribution in [0.5, 0.6) is 0 Å². The van der Waals surface area contributed by atoms with Gasteiger partial charge in [0.15, 0.2) is 0 Å². The molecule has 0 atom stereocenters. The molecule has 0 heterocycles. The van der Waals surface area contributed by atoms with E-state index in [9.17, 15) is 9.59 Å². The molecule has 110 valence electrons. The van der Waals surface area contributed by atoms with E-state index in [1.807, 2.05) is 30.3 Å². The number of rotatable bonds is 8. The van der Waals surface area contributed by atoms with E-state index in [0.717, 1.165) is 12.1 Å². The predicted octanol–water partition coefficient (Wildman–Crippen LogP) is 2.52. The van der Waals surface area contributed by atoms with E-state index in [0.29, 0.717) is 18.2 Å². The number of anilines is 1. The van der Waals surface area contributed by atoms with Crippen LogP contribution >= 0.6 is 11.8 Å². The summed E-state index contributed by atoms with van der Waals surface area (Å²) < 4.78 is 0. The number of benzene rings is 1. The van der Waals surface area contributed by atoms with Crippen molar-refractivity contribution in [3.05, 3.63) is 30.3 Å². The molecule has 0 aromatic heterocycles. The zero-order chi connectivity index (χ0) is 14.8. The van der Waals surface area contributed by atoms with Gasteiger partial charge in [0.25, 0.3) is 0 Å². The smallest absolute Gasteiger partial charge is 0.234 e. The SMILES string of the molecule is CC(C)CCNC(=O)CSCC(=O)Nc1ccccc1. The molecule has 0 spiro atoms. The molecule has 0 aliphatic carbocycles. The van der Waals surface area contributed by atoms with Crippen LogP contribution in [0, 0.1) is 5.92 Å². The largest absolute Gasteiger partial charge is 0.355 e. The summed E-state index contributed by atoms with van der Waals surface area (Å²) >= 11 is 1.32. The van der Waals surface area contributed by atoms with Gasteiger partial charge in [-0.15, -0.1) is 11.8 Å². The summed E-state index contributed by atoms with van der Waals surface area (Å²) in [4.78, 5) is 23.1. The van der Waals surface area contributed by atoms with Crippen molar-refractivity contribution in [3.63, 3.8) is 0 Å². The Kier molecular flexibility index (Phi) is 7.80. The lowest BCUT2D eigenvalue weighted by Crippen LogP contribution is -2.27. The lowest BCUT2D eigenvalue weighted by Gasteiger charge is -2.07. The predicted molar refractivity (Wildman–Crippen MR) is 84.9 cm³/mol. The molecule has 1 aromatic carbocycles. The molecule has 0 aliphatic rings. The van der Waals surface area contributed by atoms with Crippen molar-refractivity contribution in [1.29, 1.82) is 0 Å². The van der Waals surface area contributed by atoms with Crippen LogP contribution < -0.4 is 10.6 Å². The van der Waals surface area contributed by atoms with Gasteiger partial charge in [-0.05, 0) is 24.5 Å². The number of nitrogens with one attached hydrogen (secondary N) is 2. The Morgan fingerprint density at radius 1 is 1.10 bits per heavy atom. The van der Waals surface area contributed by atoms with Crippen molar-refractivity contribution in [2.75, 3.05) is 23.4 Å². The first-order valence-electron chi connectivity index (χ1n) is 6.77. The fraction of sp³-hybridized carbons (Fsp3) is 0.467. The van der Waals surface area contributed by atoms with E-state index in [4.69, 9.17) is 0 Å². The van der Waals surface area contributed by atoms with Gasteiger partial charge in [-0.1, -0.05) is 32.0 Å². The van der Waals surface area contributed by atoms with E-state index in [-0.39, 0.29) is 17.6 Å². The fourth-order valence-corrected chi connectivity index (χ4v) is 2.15. The van der Waals surface area contributed by atoms with Crippen LogP contribution in [0.3, 0.4) is 0 Å². The molecule has 0 unspecified atom stereocenters. The van der Waals surface area contributed by atoms with Gasteiger partial charge in [0.05, 0.1) is 11.5 Å². The first kappa shape index (κ1) is 16.6. The van der Waals surface area contributed by atoms with Crippen molar-refractivity contribution >= 4 is 29.3 Å². The molecule has 0 radical (unpaired) electrons. The Morgan fingerprint density at radius 2 is 1.75 bits per heavy atom. The third kappa shape index (κ3) is 7.84. The van der Waals surface area contributed by atoms with Crippen molar-refractivity contribution in [2.45, 2.75) is 20.3 Å². The van der Waals surface area contributed by atoms with Crippen LogP contribution in [-0.4, -0.2) is 29.9 Å². The highest BCUT2D eigenvalue weighted by atomic mass is 32.2. The Balaban J connectivity index is 2.11. The molecule has 5 heteroatoms. The van der Waals surface area contributed by atoms with E-state index in [1.165, 1.54) is 11.8 Å². The number of carbonyl (C=O) groups excluding carboxylic acids is 2. The van der Waals surface area contributed by atoms with Crippen molar-refractivity contribution in [2.24, 2.45) is 5.92 Å². The fourth-order valence-electron chi connectivity index (χ4n) is 1.51. The lowest BCUT2D eigenvalue weighted by atomic mass is 10.1. The van der Waals surface area contributed by atoms with Gasteiger partial charge in [0, 0.05) is 12.2 Å². The molecular weight excluding hydrogens is 272 g/mol. The second-order valence-electron chi connectivity index (χ2n) is 4.94. The number of carbonyl (C=O) groups is 2. The number of amides is 2. The van der Waals surface area contributed by atoms with Gasteiger partial charge in [0.2, 0.25) is 11.8 Å². The third-order valence-electron chi connectivity index (χ3n) is 2.57. The van der Waals surface area contributed by atoms with Gasteiger partial charge in [0.1, 0.15) is 0 Å². The van der Waals surface area contributed by atoms with Gasteiger partial charge in [-0.25, -0.2) is 0 Å². The molecule has 1 rings (SSSR count). The molecule has 1 aromatic rings. The summed E-state index contributed by atoms with van der Waals surface area (Å²) in [5.74, 6) is 1.09. The Morgan fingerprint density at radius 3 is 2.40 bits per heavy atom. The van der Waals surface area contributed by atoms with Crippen molar-refractivity contribution in [3.8, 4) is 0 Å². The zero-order valence-electron chi connectivity index (χ0n) is 12.0. The van der Waals surface area contributed by atoms with Gasteiger partial charge >= 0.3 is 0 Å². The van der Waals surface area contributed by atoms with Gasteiger partial charge < -0.3 is 10.6 Å². The highest BCUT2D eigenvalue weighted by Crippen LogP contribution is 2.07. The summed E-state index contributed by atoms with van der Waals surface area (Å²) in [6.45, 7) is 4.94. The summed E-state index contributed by atoms with van der Waals surface area (Å²) in [5.41, 5.74) is 0.777. The molecule has 2 amide bonds. The minimum absolute atomic E-state index is 0.0110. The molecule has 0 saturated heterocycles. The van der Waals surface area contributed by atoms with E-state index in [2.05, 4.69) is 24.5 Å². The van der Waals surface area contributed by atoms with E-state index in [1.54, 1.807) is 0 Å². The topological polar surface area (TPSA) is 58.2 Å². The molecular formula is C15H22N2O2S. The van der Waals surface area contributed by atoms with Crippen molar-refractivity contribution < 1.29 is 9.59 Å². The summed E-state index contributed by atoms with van der Waals surface area (Å²) in [7, 11) is 0. The average Bonchev–Trinajstić information content (AvgIpc) is 2.39. The van der Waals surface area contributed by atoms with Crippen LogP contribution in [0.4, 0.5) is 5.69 Å². The highest BCUT2D eigenvalue weighted by molar-refractivity contribution is 8.00. The van der Waals surface area contributed by atoms with Crippen LogP contribution in [0.2, 0.25) is 0 Å². The molecule has 0 saturated carbocycles. The first-order valence-corrected chi connectivity index (χ1v) is 7.92. The van der Waals surface area contributed by atoms with E-state index < -0.39 is 0 Å². The molecule has 0 aliphatic heterocycles. The minimum atomic E-state index is -0.0869. The number of para-hydroxylation sites is 1. The second kappa shape index (κ2) is 9.42. The molecule has 2 N–H and O–H groups in total. The maximum absolute atomic E-state index is 11.6. The monoisotopic (exact) mass is 294 g/mol. The summed E-state index contributed by atoms with van der Waals surface area (Å²) in [6, 6.07) is 9.30. The third-order valence-corrected chi connectivity index (χ3v) is 3.50. The van der Waals surface area contributed by atoms with Crippen LogP contribution in [0.15, 0.2) is 30.3 Å². The number of thioether (sulfide) groups is 1. The molecule has 0 fully saturated rings. The maximum Gasteiger partial charge on any atom is 0.234 e. The number of hydrogen-bond donors (Lipinski definition) is 2. The second-order valence-corrected chi connectivity index (χ2v) is 5.93. The molecule has 0 bridgehead atoms. The normalized spacial score (nSPS) is 10.3. The van der Waals surface area contributed by atoms with Crippen molar-refractivity contribution in [1.82, 2.24) is 5.32 Å².